The molecular formula is C33H28F6N4O5S. The van der Waals surface area contributed by atoms with Crippen LogP contribution in [0.1, 0.15) is 51.3 Å². The van der Waals surface area contributed by atoms with E-state index in [0.29, 0.717) is 45.2 Å². The number of nitrogens with zero attached hydrogens (tertiary/aromatic N) is 4. The summed E-state index contributed by atoms with van der Waals surface area (Å²) in [4.78, 5) is 39.8. The molecule has 1 aliphatic rings. The number of pyridine rings is 1. The van der Waals surface area contributed by atoms with E-state index in [0.717, 1.165) is 11.1 Å². The third kappa shape index (κ3) is 7.28. The number of rotatable bonds is 8. The van der Waals surface area contributed by atoms with Gasteiger partial charge in [0.15, 0.2) is 5.16 Å². The molecule has 2 aromatic heterocycles. The zero-order valence-corrected chi connectivity index (χ0v) is 27.4. The first-order valence-corrected chi connectivity index (χ1v) is 15.7. The zero-order valence-electron chi connectivity index (χ0n) is 26.6. The number of aryl methyl sites for hydroxylation is 1. The van der Waals surface area contributed by atoms with Gasteiger partial charge in [0.05, 0.1) is 49.2 Å². The average molecular weight is 707 g/mol. The molecule has 49 heavy (non-hydrogen) atoms. The maximum atomic E-state index is 13.6. The van der Waals surface area contributed by atoms with Crippen molar-refractivity contribution in [1.82, 2.24) is 19.9 Å². The number of methoxy groups -OCH3 is 2. The molecule has 0 aliphatic carbocycles. The Morgan fingerprint density at radius 1 is 0.939 bits per heavy atom. The molecule has 4 aromatic rings. The van der Waals surface area contributed by atoms with Crippen molar-refractivity contribution in [3.63, 3.8) is 0 Å². The first-order chi connectivity index (χ1) is 23.0. The molecule has 2 atom stereocenters. The summed E-state index contributed by atoms with van der Waals surface area (Å²) in [5, 5.41) is 0.334. The van der Waals surface area contributed by atoms with E-state index in [1.54, 1.807) is 36.7 Å². The number of carbonyl (C=O) groups is 2. The van der Waals surface area contributed by atoms with Gasteiger partial charge < -0.3 is 14.2 Å². The number of aromatic nitrogens is 3. The zero-order chi connectivity index (χ0) is 35.8. The van der Waals surface area contributed by atoms with Gasteiger partial charge in [-0.2, -0.15) is 26.3 Å². The smallest absolute Gasteiger partial charge is 0.416 e. The van der Waals surface area contributed by atoms with Gasteiger partial charge in [0.25, 0.3) is 0 Å². The Bertz CT molecular complexity index is 1890. The van der Waals surface area contributed by atoms with Gasteiger partial charge in [-0.1, -0.05) is 17.8 Å². The first-order valence-electron chi connectivity index (χ1n) is 14.5. The number of amides is 1. The molecule has 0 unspecified atom stereocenters. The Morgan fingerprint density at radius 2 is 1.61 bits per heavy atom. The van der Waals surface area contributed by atoms with Gasteiger partial charge in [0, 0.05) is 29.1 Å². The van der Waals surface area contributed by atoms with E-state index in [1.807, 2.05) is 6.92 Å². The molecule has 1 amide bonds. The molecule has 5 rings (SSSR count). The number of cyclic esters (lactones) is 1. The summed E-state index contributed by atoms with van der Waals surface area (Å²) in [5.41, 5.74) is 0.126. The van der Waals surface area contributed by atoms with Crippen LogP contribution in [0.3, 0.4) is 0 Å². The molecule has 3 heterocycles. The lowest BCUT2D eigenvalue weighted by Crippen LogP contribution is -2.32. The van der Waals surface area contributed by atoms with Crippen LogP contribution in [0, 0.1) is 6.92 Å². The van der Waals surface area contributed by atoms with Crippen molar-refractivity contribution in [2.45, 2.75) is 50.0 Å². The Hall–Kier alpha value is -4.86. The highest BCUT2D eigenvalue weighted by Crippen LogP contribution is 2.42. The van der Waals surface area contributed by atoms with Crippen molar-refractivity contribution in [1.29, 1.82) is 0 Å². The maximum absolute atomic E-state index is 13.6. The highest BCUT2D eigenvalue weighted by molar-refractivity contribution is 7.98. The Morgan fingerprint density at radius 3 is 2.18 bits per heavy atom. The normalized spacial score (nSPS) is 16.5. The summed E-state index contributed by atoms with van der Waals surface area (Å²) in [6.45, 7) is 3.03. The van der Waals surface area contributed by atoms with E-state index in [4.69, 9.17) is 14.2 Å². The van der Waals surface area contributed by atoms with Gasteiger partial charge in [-0.25, -0.2) is 24.5 Å². The number of halogens is 6. The Balaban J connectivity index is 1.55. The van der Waals surface area contributed by atoms with Crippen LogP contribution < -0.4 is 4.74 Å². The van der Waals surface area contributed by atoms with Crippen LogP contribution >= 0.6 is 11.8 Å². The topological polar surface area (TPSA) is 104 Å². The van der Waals surface area contributed by atoms with Crippen LogP contribution in [-0.2, 0) is 28.4 Å². The first kappa shape index (κ1) is 35.4. The van der Waals surface area contributed by atoms with Gasteiger partial charge in [-0.05, 0) is 73.2 Å². The lowest BCUT2D eigenvalue weighted by atomic mass is 9.96. The fraction of sp³-hybridized carbons (Fsp3) is 0.303. The minimum Gasteiger partial charge on any atom is -0.481 e. The molecule has 9 nitrogen and oxygen atoms in total. The predicted molar refractivity (Wildman–Crippen MR) is 166 cm³/mol. The molecule has 0 spiro atoms. The van der Waals surface area contributed by atoms with Gasteiger partial charge in [-0.15, -0.1) is 0 Å². The van der Waals surface area contributed by atoms with E-state index in [-0.39, 0.29) is 18.5 Å². The molecule has 0 radical (unpaired) electrons. The summed E-state index contributed by atoms with van der Waals surface area (Å²) in [5.74, 6) is -0.308. The number of hydrogen-bond acceptors (Lipinski definition) is 9. The summed E-state index contributed by atoms with van der Waals surface area (Å²) in [7, 11) is 2.69. The van der Waals surface area contributed by atoms with Crippen molar-refractivity contribution in [2.24, 2.45) is 0 Å². The molecule has 0 saturated carbocycles. The quantitative estimate of drug-likeness (QED) is 0.0777. The minimum absolute atomic E-state index is 0.0182. The predicted octanol–water partition coefficient (Wildman–Crippen LogP) is 8.15. The van der Waals surface area contributed by atoms with Crippen LogP contribution in [0.25, 0.3) is 22.3 Å². The number of thioether (sulfide) groups is 1. The fourth-order valence-corrected chi connectivity index (χ4v) is 5.85. The molecule has 0 bridgehead atoms. The minimum atomic E-state index is -5.07. The highest BCUT2D eigenvalue weighted by Gasteiger charge is 2.43. The largest absolute Gasteiger partial charge is 0.481 e. The third-order valence-electron chi connectivity index (χ3n) is 7.97. The number of ether oxygens (including phenoxy) is 3. The van der Waals surface area contributed by atoms with Crippen LogP contribution in [-0.4, -0.2) is 58.4 Å². The van der Waals surface area contributed by atoms with Crippen molar-refractivity contribution >= 4 is 23.8 Å². The van der Waals surface area contributed by atoms with Crippen LogP contribution in [0.15, 0.2) is 60.0 Å². The highest BCUT2D eigenvalue weighted by atomic mass is 32.2. The molecule has 258 valence electrons. The van der Waals surface area contributed by atoms with Gasteiger partial charge in [0.1, 0.15) is 6.10 Å². The SMILES string of the molecule is COC(=O)c1ccc(-c2cnc(OC)c(-c3cnc(SC)nc3CN3C(=O)O[C@H](c4cc(C(F)(F)F)cc(C(F)(F)F)c4)[C@@H]3C)c2)c(C)c1. The molecule has 2 aromatic carbocycles. The van der Waals surface area contributed by atoms with E-state index >= 15 is 0 Å². The molecule has 16 heteroatoms. The second-order valence-electron chi connectivity index (χ2n) is 11.0. The van der Waals surface area contributed by atoms with Gasteiger partial charge >= 0.3 is 24.4 Å². The van der Waals surface area contributed by atoms with Crippen LogP contribution in [0.5, 0.6) is 5.88 Å². The maximum Gasteiger partial charge on any atom is 0.416 e. The standard InChI is InChI=1S/C33H28F6N4O5S/c1-16-8-18(29(44)47-4)6-7-23(16)20-11-24(28(46-3)40-13-20)25-14-41-30(49-5)42-26(25)15-43-17(2)27(48-31(43)45)19-9-21(32(34,35)36)12-22(10-19)33(37,38)39/h6-14,17,27H,15H2,1-5H3/t17-,27-/m0/s1. The van der Waals surface area contributed by atoms with Crippen molar-refractivity contribution < 1.29 is 50.1 Å². The summed E-state index contributed by atoms with van der Waals surface area (Å²) >= 11 is 1.21. The van der Waals surface area contributed by atoms with Crippen molar-refractivity contribution in [3.05, 3.63) is 88.4 Å². The van der Waals surface area contributed by atoms with Crippen LogP contribution in [0.2, 0.25) is 0 Å². The lowest BCUT2D eigenvalue weighted by molar-refractivity contribution is -0.143. The molecular weight excluding hydrogens is 678 g/mol. The van der Waals surface area contributed by atoms with E-state index in [2.05, 4.69) is 15.0 Å². The molecule has 0 N–H and O–H groups in total. The van der Waals surface area contributed by atoms with E-state index < -0.39 is 53.3 Å². The fourth-order valence-electron chi connectivity index (χ4n) is 5.49. The van der Waals surface area contributed by atoms with E-state index in [9.17, 15) is 35.9 Å². The number of hydrogen-bond donors (Lipinski definition) is 0. The number of carbonyl (C=O) groups excluding carboxylic acids is 2. The molecule has 1 aliphatic heterocycles. The molecule has 1 saturated heterocycles. The third-order valence-corrected chi connectivity index (χ3v) is 8.53. The monoisotopic (exact) mass is 706 g/mol. The van der Waals surface area contributed by atoms with E-state index in [1.165, 1.54) is 44.0 Å². The second kappa shape index (κ2) is 13.6. The van der Waals surface area contributed by atoms with Gasteiger partial charge in [-0.3, -0.25) is 4.90 Å². The summed E-state index contributed by atoms with van der Waals surface area (Å²) in [6.07, 6.45) is -7.73. The summed E-state index contributed by atoms with van der Waals surface area (Å²) in [6, 6.07) is 6.91. The van der Waals surface area contributed by atoms with Gasteiger partial charge in [0.2, 0.25) is 5.88 Å². The van der Waals surface area contributed by atoms with Crippen LogP contribution in [0.4, 0.5) is 31.1 Å². The average Bonchev–Trinajstić information content (AvgIpc) is 3.35. The Labute approximate surface area is 280 Å². The number of benzene rings is 2. The number of alkyl halides is 6. The Kier molecular flexibility index (Phi) is 9.82. The van der Waals surface area contributed by atoms with Crippen molar-refractivity contribution in [2.75, 3.05) is 20.5 Å². The van der Waals surface area contributed by atoms with Crippen molar-refractivity contribution in [3.8, 4) is 28.1 Å². The molecule has 1 fully saturated rings. The second-order valence-corrected chi connectivity index (χ2v) is 11.8. The summed E-state index contributed by atoms with van der Waals surface area (Å²) < 4.78 is 97.3. The number of esters is 1. The lowest BCUT2D eigenvalue weighted by Gasteiger charge is -2.23.